The summed E-state index contributed by atoms with van der Waals surface area (Å²) in [5, 5.41) is 8.74. The molecule has 3 atom stereocenters. The zero-order valence-corrected chi connectivity index (χ0v) is 7.26. The van der Waals surface area contributed by atoms with E-state index in [1.165, 1.54) is 0 Å². The molecule has 5 nitrogen and oxygen atoms in total. The fourth-order valence-corrected chi connectivity index (χ4v) is 2.07. The van der Waals surface area contributed by atoms with Gasteiger partial charge >= 0.3 is 5.97 Å². The minimum Gasteiger partial charge on any atom is -0.480 e. The van der Waals surface area contributed by atoms with Crippen molar-refractivity contribution in [2.75, 3.05) is 6.54 Å². The number of aliphatic carboxylic acids is 1. The number of aliphatic imine (C=N–C) groups is 1. The highest BCUT2D eigenvalue weighted by Gasteiger charge is 2.39. The molecular weight excluding hydrogens is 170 g/mol. The third-order valence-corrected chi connectivity index (χ3v) is 2.78. The van der Waals surface area contributed by atoms with Crippen LogP contribution in [-0.4, -0.2) is 47.0 Å². The van der Waals surface area contributed by atoms with Crippen LogP contribution in [-0.2, 0) is 4.79 Å². The largest absolute Gasteiger partial charge is 0.480 e. The first-order valence-electron chi connectivity index (χ1n) is 4.47. The molecule has 13 heavy (non-hydrogen) atoms. The predicted molar refractivity (Wildman–Crippen MR) is 47.6 cm³/mol. The van der Waals surface area contributed by atoms with Crippen molar-refractivity contribution >= 4 is 12.3 Å². The molecule has 2 heterocycles. The summed E-state index contributed by atoms with van der Waals surface area (Å²) in [6, 6.07) is -0.879. The maximum Gasteiger partial charge on any atom is 0.322 e. The Bertz CT molecular complexity index is 254. The number of fused-ring (bicyclic) bond motifs is 1. The van der Waals surface area contributed by atoms with E-state index in [2.05, 4.69) is 9.89 Å². The van der Waals surface area contributed by atoms with Gasteiger partial charge in [0.1, 0.15) is 6.04 Å². The highest BCUT2D eigenvalue weighted by Crippen LogP contribution is 2.26. The van der Waals surface area contributed by atoms with E-state index in [0.717, 1.165) is 19.4 Å². The van der Waals surface area contributed by atoms with Crippen molar-refractivity contribution in [3.05, 3.63) is 0 Å². The molecule has 0 radical (unpaired) electrons. The van der Waals surface area contributed by atoms with Crippen LogP contribution >= 0.6 is 0 Å². The van der Waals surface area contributed by atoms with Gasteiger partial charge < -0.3 is 15.7 Å². The summed E-state index contributed by atoms with van der Waals surface area (Å²) in [6.07, 6.45) is 3.86. The van der Waals surface area contributed by atoms with Crippen molar-refractivity contribution in [2.45, 2.75) is 31.0 Å². The number of carboxylic acid groups (broad SMARTS) is 1. The maximum absolute atomic E-state index is 10.7. The summed E-state index contributed by atoms with van der Waals surface area (Å²) < 4.78 is 0. The molecule has 0 aromatic heterocycles. The van der Waals surface area contributed by atoms with Gasteiger partial charge in [-0.15, -0.1) is 0 Å². The molecule has 2 aliphatic rings. The van der Waals surface area contributed by atoms with Gasteiger partial charge in [-0.3, -0.25) is 9.79 Å². The Labute approximate surface area is 76.2 Å². The van der Waals surface area contributed by atoms with Gasteiger partial charge in [-0.2, -0.15) is 0 Å². The average Bonchev–Trinajstić information content (AvgIpc) is 2.61. The van der Waals surface area contributed by atoms with E-state index in [1.807, 2.05) is 0 Å². The molecule has 2 aliphatic heterocycles. The number of carboxylic acids is 1. The molecule has 72 valence electrons. The van der Waals surface area contributed by atoms with Crippen molar-refractivity contribution < 1.29 is 9.90 Å². The number of nitrogens with two attached hydrogens (primary N) is 1. The van der Waals surface area contributed by atoms with Crippen LogP contribution < -0.4 is 5.73 Å². The van der Waals surface area contributed by atoms with E-state index < -0.39 is 12.0 Å². The van der Waals surface area contributed by atoms with Gasteiger partial charge in [0.25, 0.3) is 0 Å². The average molecular weight is 183 g/mol. The summed E-state index contributed by atoms with van der Waals surface area (Å²) >= 11 is 0. The number of nitrogens with zero attached hydrogens (tertiary/aromatic N) is 2. The quantitative estimate of drug-likeness (QED) is 0.591. The molecule has 0 spiro atoms. The van der Waals surface area contributed by atoms with Crippen LogP contribution in [0.3, 0.4) is 0 Å². The first kappa shape index (κ1) is 8.50. The van der Waals surface area contributed by atoms with E-state index in [4.69, 9.17) is 10.8 Å². The molecule has 1 saturated heterocycles. The summed E-state index contributed by atoms with van der Waals surface area (Å²) in [4.78, 5) is 16.9. The van der Waals surface area contributed by atoms with E-state index in [-0.39, 0.29) is 12.1 Å². The lowest BCUT2D eigenvalue weighted by Crippen LogP contribution is -2.47. The topological polar surface area (TPSA) is 78.9 Å². The molecule has 2 rings (SSSR count). The van der Waals surface area contributed by atoms with Gasteiger partial charge in [0, 0.05) is 6.54 Å². The van der Waals surface area contributed by atoms with Crippen molar-refractivity contribution in [3.63, 3.8) is 0 Å². The van der Waals surface area contributed by atoms with E-state index >= 15 is 0 Å². The lowest BCUT2D eigenvalue weighted by molar-refractivity contribution is -0.139. The zero-order chi connectivity index (χ0) is 9.42. The third-order valence-electron chi connectivity index (χ3n) is 2.78. The van der Waals surface area contributed by atoms with Crippen LogP contribution in [0.1, 0.15) is 12.8 Å². The number of hydrogen-bond donors (Lipinski definition) is 2. The molecule has 0 aromatic rings. The van der Waals surface area contributed by atoms with Gasteiger partial charge in [-0.1, -0.05) is 0 Å². The lowest BCUT2D eigenvalue weighted by atomic mass is 10.0. The Hall–Kier alpha value is -1.10. The minimum atomic E-state index is -0.962. The van der Waals surface area contributed by atoms with Gasteiger partial charge in [0.15, 0.2) is 0 Å². The Kier molecular flexibility index (Phi) is 1.95. The van der Waals surface area contributed by atoms with Crippen LogP contribution in [0.5, 0.6) is 0 Å². The maximum atomic E-state index is 10.7. The standard InChI is InChI=1S/C8H13N3O2/c9-6(8(12)13)7-5-2-1-3-11(5)4-10-7/h4-7H,1-3,9H2,(H,12,13). The smallest absolute Gasteiger partial charge is 0.322 e. The molecule has 5 heteroatoms. The van der Waals surface area contributed by atoms with Crippen molar-refractivity contribution in [1.29, 1.82) is 0 Å². The lowest BCUT2D eigenvalue weighted by Gasteiger charge is -2.22. The highest BCUT2D eigenvalue weighted by atomic mass is 16.4. The minimum absolute atomic E-state index is 0.228. The van der Waals surface area contributed by atoms with Crippen LogP contribution in [0.2, 0.25) is 0 Å². The second kappa shape index (κ2) is 2.99. The van der Waals surface area contributed by atoms with Gasteiger partial charge in [-0.25, -0.2) is 0 Å². The SMILES string of the molecule is NC(C(=O)O)C1N=CN2CCCC12. The second-order valence-electron chi connectivity index (χ2n) is 3.57. The molecule has 3 N–H and O–H groups in total. The van der Waals surface area contributed by atoms with E-state index in [1.54, 1.807) is 6.34 Å². The molecule has 0 aliphatic carbocycles. The fraction of sp³-hybridized carbons (Fsp3) is 0.750. The zero-order valence-electron chi connectivity index (χ0n) is 7.26. The van der Waals surface area contributed by atoms with Crippen molar-refractivity contribution in [2.24, 2.45) is 10.7 Å². The monoisotopic (exact) mass is 183 g/mol. The Morgan fingerprint density at radius 3 is 3.23 bits per heavy atom. The fourth-order valence-electron chi connectivity index (χ4n) is 2.07. The van der Waals surface area contributed by atoms with E-state index in [0.29, 0.717) is 0 Å². The molecular formula is C8H13N3O2. The molecule has 3 unspecified atom stereocenters. The molecule has 0 saturated carbocycles. The van der Waals surface area contributed by atoms with Gasteiger partial charge in [0.05, 0.1) is 18.4 Å². The number of rotatable bonds is 2. The Morgan fingerprint density at radius 2 is 2.54 bits per heavy atom. The van der Waals surface area contributed by atoms with Crippen LogP contribution in [0.25, 0.3) is 0 Å². The van der Waals surface area contributed by atoms with Gasteiger partial charge in [0.2, 0.25) is 0 Å². The van der Waals surface area contributed by atoms with Gasteiger partial charge in [-0.05, 0) is 12.8 Å². The second-order valence-corrected chi connectivity index (χ2v) is 3.57. The number of carbonyl (C=O) groups is 1. The first-order valence-corrected chi connectivity index (χ1v) is 4.47. The normalized spacial score (nSPS) is 33.5. The van der Waals surface area contributed by atoms with Crippen LogP contribution in [0.4, 0.5) is 0 Å². The van der Waals surface area contributed by atoms with Crippen molar-refractivity contribution in [1.82, 2.24) is 4.90 Å². The molecule has 1 fully saturated rings. The first-order chi connectivity index (χ1) is 6.20. The summed E-state index contributed by atoms with van der Waals surface area (Å²) in [5.41, 5.74) is 5.54. The Morgan fingerprint density at radius 1 is 1.77 bits per heavy atom. The predicted octanol–water partition coefficient (Wildman–Crippen LogP) is -0.727. The summed E-state index contributed by atoms with van der Waals surface area (Å²) in [5.74, 6) is -0.962. The number of hydrogen-bond acceptors (Lipinski definition) is 4. The van der Waals surface area contributed by atoms with E-state index in [9.17, 15) is 4.79 Å². The van der Waals surface area contributed by atoms with Crippen LogP contribution in [0, 0.1) is 0 Å². The molecule has 0 bridgehead atoms. The molecule has 0 amide bonds. The highest BCUT2D eigenvalue weighted by molar-refractivity contribution is 5.75. The Balaban J connectivity index is 2.09. The summed E-state index contributed by atoms with van der Waals surface area (Å²) in [6.45, 7) is 0.983. The van der Waals surface area contributed by atoms with Crippen LogP contribution in [0.15, 0.2) is 4.99 Å². The third kappa shape index (κ3) is 1.29. The van der Waals surface area contributed by atoms with Crippen molar-refractivity contribution in [3.8, 4) is 0 Å². The summed E-state index contributed by atoms with van der Waals surface area (Å²) in [7, 11) is 0. The molecule has 0 aromatic carbocycles.